The Morgan fingerprint density at radius 1 is 1.26 bits per heavy atom. The predicted octanol–water partition coefficient (Wildman–Crippen LogP) is 1.72. The molecule has 2 rings (SSSR count). The summed E-state index contributed by atoms with van der Waals surface area (Å²) in [5, 5.41) is 3.58. The van der Waals surface area contributed by atoms with E-state index in [1.165, 1.54) is 30.5 Å². The summed E-state index contributed by atoms with van der Waals surface area (Å²) >= 11 is 0. The number of hydrogen-bond acceptors (Lipinski definition) is 4. The number of anilines is 1. The normalized spacial score (nSPS) is 14.9. The molecule has 106 valence electrons. The summed E-state index contributed by atoms with van der Waals surface area (Å²) in [6.07, 6.45) is 7.71. The average molecular weight is 262 g/mol. The standard InChI is InChI=1S/C15H26N4/c1-18(2)9-4-10-19(3)15-12-16-8-7-13(15)11-17-14-5-6-14/h7-8,12,14,17H,4-6,9-11H2,1-3H3. The van der Waals surface area contributed by atoms with E-state index in [1.807, 2.05) is 12.4 Å². The first-order chi connectivity index (χ1) is 9.16. The quantitative estimate of drug-likeness (QED) is 0.773. The first kappa shape index (κ1) is 14.3. The molecule has 0 spiro atoms. The lowest BCUT2D eigenvalue weighted by Crippen LogP contribution is -2.25. The van der Waals surface area contributed by atoms with Crippen LogP contribution in [0.1, 0.15) is 24.8 Å². The molecular formula is C15H26N4. The maximum absolute atomic E-state index is 4.27. The van der Waals surface area contributed by atoms with Crippen LogP contribution in [0, 0.1) is 0 Å². The first-order valence-electron chi connectivity index (χ1n) is 7.19. The van der Waals surface area contributed by atoms with E-state index in [0.717, 1.165) is 25.7 Å². The van der Waals surface area contributed by atoms with Gasteiger partial charge in [-0.1, -0.05) is 0 Å². The molecule has 0 unspecified atom stereocenters. The summed E-state index contributed by atoms with van der Waals surface area (Å²) in [7, 11) is 6.40. The Labute approximate surface area is 116 Å². The maximum atomic E-state index is 4.27. The molecular weight excluding hydrogens is 236 g/mol. The van der Waals surface area contributed by atoms with Crippen LogP contribution >= 0.6 is 0 Å². The molecule has 19 heavy (non-hydrogen) atoms. The second-order valence-electron chi connectivity index (χ2n) is 5.74. The molecule has 0 aromatic carbocycles. The van der Waals surface area contributed by atoms with Gasteiger partial charge in [0.05, 0.1) is 11.9 Å². The highest BCUT2D eigenvalue weighted by molar-refractivity contribution is 5.50. The molecule has 1 saturated carbocycles. The fourth-order valence-electron chi connectivity index (χ4n) is 2.19. The lowest BCUT2D eigenvalue weighted by Gasteiger charge is -2.23. The highest BCUT2D eigenvalue weighted by atomic mass is 15.1. The van der Waals surface area contributed by atoms with Crippen molar-refractivity contribution in [1.29, 1.82) is 0 Å². The Morgan fingerprint density at radius 2 is 2.05 bits per heavy atom. The Kier molecular flexibility index (Phi) is 5.16. The summed E-state index contributed by atoms with van der Waals surface area (Å²) in [6.45, 7) is 3.15. The van der Waals surface area contributed by atoms with E-state index in [2.05, 4.69) is 47.3 Å². The third-order valence-electron chi connectivity index (χ3n) is 3.56. The molecule has 1 heterocycles. The lowest BCUT2D eigenvalue weighted by molar-refractivity contribution is 0.401. The molecule has 0 aliphatic heterocycles. The van der Waals surface area contributed by atoms with E-state index in [1.54, 1.807) is 0 Å². The smallest absolute Gasteiger partial charge is 0.0595 e. The van der Waals surface area contributed by atoms with Gasteiger partial charge in [0, 0.05) is 32.4 Å². The molecule has 1 aromatic rings. The highest BCUT2D eigenvalue weighted by Crippen LogP contribution is 2.22. The predicted molar refractivity (Wildman–Crippen MR) is 80.5 cm³/mol. The van der Waals surface area contributed by atoms with Crippen LogP contribution in [0.15, 0.2) is 18.5 Å². The monoisotopic (exact) mass is 262 g/mol. The van der Waals surface area contributed by atoms with Gasteiger partial charge in [0.1, 0.15) is 0 Å². The minimum atomic E-state index is 0.750. The summed E-state index contributed by atoms with van der Waals surface area (Å²) in [5.74, 6) is 0. The maximum Gasteiger partial charge on any atom is 0.0595 e. The van der Waals surface area contributed by atoms with E-state index < -0.39 is 0 Å². The molecule has 1 aliphatic rings. The Bertz CT molecular complexity index is 387. The molecule has 0 amide bonds. The largest absolute Gasteiger partial charge is 0.373 e. The van der Waals surface area contributed by atoms with Crippen LogP contribution < -0.4 is 10.2 Å². The van der Waals surface area contributed by atoms with Crippen molar-refractivity contribution < 1.29 is 0 Å². The SMILES string of the molecule is CN(C)CCCN(C)c1cnccc1CNC1CC1. The molecule has 0 atom stereocenters. The van der Waals surface area contributed by atoms with E-state index in [0.29, 0.717) is 0 Å². The van der Waals surface area contributed by atoms with E-state index in [4.69, 9.17) is 0 Å². The van der Waals surface area contributed by atoms with Gasteiger partial charge in [0.2, 0.25) is 0 Å². The van der Waals surface area contributed by atoms with Gasteiger partial charge in [-0.3, -0.25) is 4.98 Å². The number of nitrogens with one attached hydrogen (secondary N) is 1. The molecule has 1 aliphatic carbocycles. The second kappa shape index (κ2) is 6.87. The molecule has 4 nitrogen and oxygen atoms in total. The van der Waals surface area contributed by atoms with Gasteiger partial charge in [0.25, 0.3) is 0 Å². The zero-order chi connectivity index (χ0) is 13.7. The van der Waals surface area contributed by atoms with Crippen molar-refractivity contribution >= 4 is 5.69 Å². The summed E-state index contributed by atoms with van der Waals surface area (Å²) in [5.41, 5.74) is 2.61. The van der Waals surface area contributed by atoms with Crippen molar-refractivity contribution in [2.24, 2.45) is 0 Å². The molecule has 4 heteroatoms. The molecule has 0 bridgehead atoms. The summed E-state index contributed by atoms with van der Waals surface area (Å²) in [6, 6.07) is 2.88. The molecule has 1 aromatic heterocycles. The van der Waals surface area contributed by atoms with E-state index in [-0.39, 0.29) is 0 Å². The number of pyridine rings is 1. The van der Waals surface area contributed by atoms with Gasteiger partial charge in [-0.15, -0.1) is 0 Å². The first-order valence-corrected chi connectivity index (χ1v) is 7.19. The van der Waals surface area contributed by atoms with Crippen LogP contribution in [0.5, 0.6) is 0 Å². The highest BCUT2D eigenvalue weighted by Gasteiger charge is 2.20. The van der Waals surface area contributed by atoms with Crippen molar-refractivity contribution in [3.63, 3.8) is 0 Å². The number of rotatable bonds is 8. The molecule has 1 fully saturated rings. The van der Waals surface area contributed by atoms with Crippen molar-refractivity contribution in [2.75, 3.05) is 39.1 Å². The van der Waals surface area contributed by atoms with Gasteiger partial charge >= 0.3 is 0 Å². The Balaban J connectivity index is 1.89. The van der Waals surface area contributed by atoms with Crippen LogP contribution in [0.25, 0.3) is 0 Å². The Hall–Kier alpha value is -1.13. The number of nitrogens with zero attached hydrogens (tertiary/aromatic N) is 3. The molecule has 0 saturated heterocycles. The molecule has 1 N–H and O–H groups in total. The Morgan fingerprint density at radius 3 is 2.74 bits per heavy atom. The van der Waals surface area contributed by atoms with E-state index in [9.17, 15) is 0 Å². The van der Waals surface area contributed by atoms with Crippen LogP contribution in [0.3, 0.4) is 0 Å². The topological polar surface area (TPSA) is 31.4 Å². The van der Waals surface area contributed by atoms with Crippen molar-refractivity contribution in [1.82, 2.24) is 15.2 Å². The fraction of sp³-hybridized carbons (Fsp3) is 0.667. The minimum absolute atomic E-state index is 0.750. The lowest BCUT2D eigenvalue weighted by atomic mass is 10.2. The van der Waals surface area contributed by atoms with Crippen LogP contribution in [0.2, 0.25) is 0 Å². The minimum Gasteiger partial charge on any atom is -0.373 e. The van der Waals surface area contributed by atoms with Gasteiger partial charge in [-0.2, -0.15) is 0 Å². The van der Waals surface area contributed by atoms with Gasteiger partial charge < -0.3 is 15.1 Å². The zero-order valence-corrected chi connectivity index (χ0v) is 12.4. The van der Waals surface area contributed by atoms with E-state index >= 15 is 0 Å². The van der Waals surface area contributed by atoms with Gasteiger partial charge in [-0.25, -0.2) is 0 Å². The second-order valence-corrected chi connectivity index (χ2v) is 5.74. The molecule has 0 radical (unpaired) electrons. The van der Waals surface area contributed by atoms with Crippen LogP contribution in [-0.2, 0) is 6.54 Å². The third kappa shape index (κ3) is 4.80. The summed E-state index contributed by atoms with van der Waals surface area (Å²) < 4.78 is 0. The zero-order valence-electron chi connectivity index (χ0n) is 12.4. The van der Waals surface area contributed by atoms with Crippen LogP contribution in [-0.4, -0.2) is 50.2 Å². The van der Waals surface area contributed by atoms with Crippen molar-refractivity contribution in [3.8, 4) is 0 Å². The van der Waals surface area contributed by atoms with Crippen molar-refractivity contribution in [2.45, 2.75) is 31.8 Å². The number of aromatic nitrogens is 1. The average Bonchev–Trinajstić information content (AvgIpc) is 3.20. The van der Waals surface area contributed by atoms with Gasteiger partial charge in [-0.05, 0) is 51.5 Å². The fourth-order valence-corrected chi connectivity index (χ4v) is 2.19. The van der Waals surface area contributed by atoms with Gasteiger partial charge in [0.15, 0.2) is 0 Å². The van der Waals surface area contributed by atoms with Crippen LogP contribution in [0.4, 0.5) is 5.69 Å². The number of hydrogen-bond donors (Lipinski definition) is 1. The summed E-state index contributed by atoms with van der Waals surface area (Å²) in [4.78, 5) is 8.82. The van der Waals surface area contributed by atoms with Crippen molar-refractivity contribution in [3.05, 3.63) is 24.0 Å². The third-order valence-corrected chi connectivity index (χ3v) is 3.56.